The lowest BCUT2D eigenvalue weighted by Crippen LogP contribution is -2.04. The van der Waals surface area contributed by atoms with Crippen LogP contribution in [-0.4, -0.2) is 21.6 Å². The third kappa shape index (κ3) is 2.35. The van der Waals surface area contributed by atoms with Crippen LogP contribution < -0.4 is 5.73 Å². The lowest BCUT2D eigenvalue weighted by molar-refractivity contribution is 0.475. The maximum atomic E-state index is 9.17. The molecule has 4 heteroatoms. The van der Waals surface area contributed by atoms with Crippen molar-refractivity contribution in [2.45, 2.75) is 6.42 Å². The molecule has 0 spiro atoms. The van der Waals surface area contributed by atoms with E-state index in [2.05, 4.69) is 9.97 Å². The van der Waals surface area contributed by atoms with Crippen LogP contribution in [0.5, 0.6) is 5.75 Å². The second-order valence-electron chi connectivity index (χ2n) is 3.48. The maximum absolute atomic E-state index is 9.17. The van der Waals surface area contributed by atoms with E-state index in [1.54, 1.807) is 24.5 Å². The molecule has 16 heavy (non-hydrogen) atoms. The van der Waals surface area contributed by atoms with Gasteiger partial charge in [0.05, 0.1) is 17.6 Å². The minimum absolute atomic E-state index is 0.247. The fourth-order valence-corrected chi connectivity index (χ4v) is 1.41. The lowest BCUT2D eigenvalue weighted by atomic mass is 10.1. The number of aromatic hydroxyl groups is 1. The van der Waals surface area contributed by atoms with Gasteiger partial charge in [0.2, 0.25) is 0 Å². The molecule has 1 heterocycles. The fraction of sp³-hybridized carbons (Fsp3) is 0.167. The third-order valence-corrected chi connectivity index (χ3v) is 2.27. The van der Waals surface area contributed by atoms with E-state index in [9.17, 15) is 0 Å². The Morgan fingerprint density at radius 3 is 2.38 bits per heavy atom. The number of aromatic nitrogens is 2. The number of phenolic OH excluding ortho intramolecular Hbond substituents is 1. The molecule has 0 aliphatic carbocycles. The molecule has 0 aliphatic rings. The van der Waals surface area contributed by atoms with Crippen LogP contribution in [0.15, 0.2) is 36.7 Å². The molecule has 4 nitrogen and oxygen atoms in total. The third-order valence-electron chi connectivity index (χ3n) is 2.27. The monoisotopic (exact) mass is 215 g/mol. The summed E-state index contributed by atoms with van der Waals surface area (Å²) in [6.45, 7) is 0.577. The maximum Gasteiger partial charge on any atom is 0.115 e. The number of benzene rings is 1. The van der Waals surface area contributed by atoms with E-state index < -0.39 is 0 Å². The Bertz CT molecular complexity index is 451. The van der Waals surface area contributed by atoms with Crippen LogP contribution in [0.2, 0.25) is 0 Å². The van der Waals surface area contributed by atoms with Crippen LogP contribution in [-0.2, 0) is 6.42 Å². The van der Waals surface area contributed by atoms with Crippen LogP contribution in [0, 0.1) is 0 Å². The van der Waals surface area contributed by atoms with E-state index in [1.165, 1.54) is 0 Å². The fourth-order valence-electron chi connectivity index (χ4n) is 1.41. The SMILES string of the molecule is NCCc1cnc(-c2ccc(O)cc2)cn1. The summed E-state index contributed by atoms with van der Waals surface area (Å²) in [5.74, 6) is 0.247. The molecule has 0 saturated carbocycles. The molecule has 2 rings (SSSR count). The van der Waals surface area contributed by atoms with Gasteiger partial charge in [-0.1, -0.05) is 0 Å². The first kappa shape index (κ1) is 10.6. The molecular weight excluding hydrogens is 202 g/mol. The van der Waals surface area contributed by atoms with Gasteiger partial charge in [-0.05, 0) is 30.8 Å². The first-order chi connectivity index (χ1) is 7.79. The topological polar surface area (TPSA) is 72.0 Å². The summed E-state index contributed by atoms with van der Waals surface area (Å²) < 4.78 is 0. The quantitative estimate of drug-likeness (QED) is 0.810. The van der Waals surface area contributed by atoms with Crippen LogP contribution in [0.1, 0.15) is 5.69 Å². The summed E-state index contributed by atoms with van der Waals surface area (Å²) in [7, 11) is 0. The van der Waals surface area contributed by atoms with E-state index in [4.69, 9.17) is 10.8 Å². The van der Waals surface area contributed by atoms with Crippen molar-refractivity contribution in [2.75, 3.05) is 6.54 Å². The summed E-state index contributed by atoms with van der Waals surface area (Å²) in [6.07, 6.45) is 4.19. The predicted octanol–water partition coefficient (Wildman–Crippen LogP) is 1.35. The van der Waals surface area contributed by atoms with Gasteiger partial charge in [-0.15, -0.1) is 0 Å². The highest BCUT2D eigenvalue weighted by molar-refractivity contribution is 5.58. The normalized spacial score (nSPS) is 10.3. The summed E-state index contributed by atoms with van der Waals surface area (Å²) in [4.78, 5) is 8.56. The highest BCUT2D eigenvalue weighted by Gasteiger charge is 2.00. The molecule has 2 aromatic rings. The number of nitrogens with two attached hydrogens (primary N) is 1. The Morgan fingerprint density at radius 2 is 1.81 bits per heavy atom. The number of phenols is 1. The molecule has 0 aliphatic heterocycles. The summed E-state index contributed by atoms with van der Waals surface area (Å²) in [5.41, 5.74) is 8.05. The number of hydrogen-bond donors (Lipinski definition) is 2. The van der Waals surface area contributed by atoms with Gasteiger partial charge in [0.15, 0.2) is 0 Å². The van der Waals surface area contributed by atoms with Crippen molar-refractivity contribution in [1.82, 2.24) is 9.97 Å². The molecule has 1 aromatic carbocycles. The predicted molar refractivity (Wildman–Crippen MR) is 61.9 cm³/mol. The standard InChI is InChI=1S/C12H13N3O/c13-6-5-10-7-15-12(8-14-10)9-1-3-11(16)4-2-9/h1-4,7-8,16H,5-6,13H2. The van der Waals surface area contributed by atoms with Crippen LogP contribution >= 0.6 is 0 Å². The van der Waals surface area contributed by atoms with E-state index >= 15 is 0 Å². The van der Waals surface area contributed by atoms with Gasteiger partial charge in [0.1, 0.15) is 5.75 Å². The van der Waals surface area contributed by atoms with Crippen molar-refractivity contribution in [2.24, 2.45) is 5.73 Å². The van der Waals surface area contributed by atoms with Crippen LogP contribution in [0.4, 0.5) is 0 Å². The highest BCUT2D eigenvalue weighted by Crippen LogP contribution is 2.18. The smallest absolute Gasteiger partial charge is 0.115 e. The average molecular weight is 215 g/mol. The van der Waals surface area contributed by atoms with Crippen molar-refractivity contribution in [3.05, 3.63) is 42.4 Å². The van der Waals surface area contributed by atoms with E-state index in [-0.39, 0.29) is 5.75 Å². The Hall–Kier alpha value is -1.94. The molecule has 3 N–H and O–H groups in total. The second-order valence-corrected chi connectivity index (χ2v) is 3.48. The molecule has 82 valence electrons. The summed E-state index contributed by atoms with van der Waals surface area (Å²) >= 11 is 0. The van der Waals surface area contributed by atoms with Crippen molar-refractivity contribution in [3.8, 4) is 17.0 Å². The molecule has 0 radical (unpaired) electrons. The summed E-state index contributed by atoms with van der Waals surface area (Å²) in [6, 6.07) is 6.87. The Labute approximate surface area is 93.8 Å². The molecule has 0 saturated heterocycles. The zero-order chi connectivity index (χ0) is 11.4. The van der Waals surface area contributed by atoms with Crippen molar-refractivity contribution < 1.29 is 5.11 Å². The largest absolute Gasteiger partial charge is 0.508 e. The van der Waals surface area contributed by atoms with E-state index in [0.29, 0.717) is 6.54 Å². The van der Waals surface area contributed by atoms with Crippen molar-refractivity contribution in [1.29, 1.82) is 0 Å². The van der Waals surface area contributed by atoms with Crippen molar-refractivity contribution >= 4 is 0 Å². The molecular formula is C12H13N3O. The molecule has 0 amide bonds. The first-order valence-corrected chi connectivity index (χ1v) is 5.10. The van der Waals surface area contributed by atoms with Crippen LogP contribution in [0.25, 0.3) is 11.3 Å². The zero-order valence-electron chi connectivity index (χ0n) is 8.80. The van der Waals surface area contributed by atoms with E-state index in [0.717, 1.165) is 23.4 Å². The Morgan fingerprint density at radius 1 is 1.06 bits per heavy atom. The second kappa shape index (κ2) is 4.72. The van der Waals surface area contributed by atoms with Gasteiger partial charge in [-0.25, -0.2) is 0 Å². The molecule has 0 bridgehead atoms. The molecule has 1 aromatic heterocycles. The minimum Gasteiger partial charge on any atom is -0.508 e. The number of nitrogens with zero attached hydrogens (tertiary/aromatic N) is 2. The lowest BCUT2D eigenvalue weighted by Gasteiger charge is -2.02. The van der Waals surface area contributed by atoms with Gasteiger partial charge in [0, 0.05) is 18.2 Å². The average Bonchev–Trinajstić information content (AvgIpc) is 2.32. The van der Waals surface area contributed by atoms with Gasteiger partial charge in [0.25, 0.3) is 0 Å². The van der Waals surface area contributed by atoms with E-state index in [1.807, 2.05) is 12.1 Å². The zero-order valence-corrected chi connectivity index (χ0v) is 8.80. The van der Waals surface area contributed by atoms with Gasteiger partial charge in [-0.3, -0.25) is 9.97 Å². The number of hydrogen-bond acceptors (Lipinski definition) is 4. The molecule has 0 atom stereocenters. The van der Waals surface area contributed by atoms with Gasteiger partial charge < -0.3 is 10.8 Å². The molecule has 0 fully saturated rings. The molecule has 0 unspecified atom stereocenters. The number of rotatable bonds is 3. The Balaban J connectivity index is 2.24. The first-order valence-electron chi connectivity index (χ1n) is 5.10. The minimum atomic E-state index is 0.247. The van der Waals surface area contributed by atoms with Crippen LogP contribution in [0.3, 0.4) is 0 Å². The highest BCUT2D eigenvalue weighted by atomic mass is 16.3. The Kier molecular flexibility index (Phi) is 3.12. The van der Waals surface area contributed by atoms with Gasteiger partial charge in [-0.2, -0.15) is 0 Å². The van der Waals surface area contributed by atoms with Crippen molar-refractivity contribution in [3.63, 3.8) is 0 Å². The van der Waals surface area contributed by atoms with Gasteiger partial charge >= 0.3 is 0 Å². The summed E-state index contributed by atoms with van der Waals surface area (Å²) in [5, 5.41) is 9.17.